The molecule has 0 saturated carbocycles. The molecule has 1 amide bonds. The molecule has 0 bridgehead atoms. The molecule has 1 aromatic heterocycles. The number of halogens is 3. The zero-order chi connectivity index (χ0) is 20.7. The Morgan fingerprint density at radius 3 is 2.62 bits per heavy atom. The molecular formula is C20H19F3N4O2. The van der Waals surface area contributed by atoms with Crippen molar-refractivity contribution in [2.75, 3.05) is 6.61 Å². The molecule has 152 valence electrons. The minimum Gasteiger partial charge on any atom is -0.376 e. The fourth-order valence-electron chi connectivity index (χ4n) is 2.72. The van der Waals surface area contributed by atoms with Crippen LogP contribution in [0.5, 0.6) is 0 Å². The van der Waals surface area contributed by atoms with Gasteiger partial charge >= 0.3 is 6.18 Å². The number of H-pyrrole nitrogens is 1. The zero-order valence-corrected chi connectivity index (χ0v) is 15.3. The van der Waals surface area contributed by atoms with E-state index in [2.05, 4.69) is 20.5 Å². The highest BCUT2D eigenvalue weighted by Gasteiger charge is 2.31. The molecule has 1 unspecified atom stereocenters. The highest BCUT2D eigenvalue weighted by atomic mass is 19.4. The van der Waals surface area contributed by atoms with E-state index in [0.717, 1.165) is 17.7 Å². The SMILES string of the molecule is O=C(CCOCc1ccccc1)NC(c1cccc(C(F)(F)F)c1)c1ncn[nH]1. The van der Waals surface area contributed by atoms with Crippen LogP contribution in [0.25, 0.3) is 0 Å². The average Bonchev–Trinajstić information content (AvgIpc) is 3.24. The van der Waals surface area contributed by atoms with Crippen LogP contribution in [0.15, 0.2) is 60.9 Å². The number of benzene rings is 2. The minimum atomic E-state index is -4.49. The molecule has 0 aliphatic rings. The summed E-state index contributed by atoms with van der Waals surface area (Å²) >= 11 is 0. The van der Waals surface area contributed by atoms with E-state index in [1.54, 1.807) is 0 Å². The number of nitrogens with one attached hydrogen (secondary N) is 2. The molecule has 6 nitrogen and oxygen atoms in total. The van der Waals surface area contributed by atoms with Crippen molar-refractivity contribution in [3.8, 4) is 0 Å². The summed E-state index contributed by atoms with van der Waals surface area (Å²) in [6.45, 7) is 0.541. The molecule has 2 aromatic carbocycles. The third-order valence-corrected chi connectivity index (χ3v) is 4.14. The Morgan fingerprint density at radius 1 is 1.14 bits per heavy atom. The number of aromatic amines is 1. The number of rotatable bonds is 8. The summed E-state index contributed by atoms with van der Waals surface area (Å²) < 4.78 is 44.6. The molecule has 0 fully saturated rings. The molecule has 1 atom stereocenters. The minimum absolute atomic E-state index is 0.0520. The van der Waals surface area contributed by atoms with Gasteiger partial charge in [-0.05, 0) is 23.3 Å². The lowest BCUT2D eigenvalue weighted by Crippen LogP contribution is -2.31. The van der Waals surface area contributed by atoms with Crippen LogP contribution in [-0.2, 0) is 22.3 Å². The van der Waals surface area contributed by atoms with Crippen molar-refractivity contribution in [3.05, 3.63) is 83.4 Å². The molecule has 0 aliphatic heterocycles. The Balaban J connectivity index is 1.63. The number of alkyl halides is 3. The second kappa shape index (κ2) is 9.33. The summed E-state index contributed by atoms with van der Waals surface area (Å²) in [5.41, 5.74) is 0.423. The van der Waals surface area contributed by atoms with Crippen molar-refractivity contribution in [1.82, 2.24) is 20.5 Å². The van der Waals surface area contributed by atoms with Crippen molar-refractivity contribution in [2.24, 2.45) is 0 Å². The van der Waals surface area contributed by atoms with Crippen LogP contribution in [0.2, 0.25) is 0 Å². The van der Waals surface area contributed by atoms with E-state index in [9.17, 15) is 18.0 Å². The number of hydrogen-bond donors (Lipinski definition) is 2. The molecule has 9 heteroatoms. The van der Waals surface area contributed by atoms with Crippen molar-refractivity contribution < 1.29 is 22.7 Å². The molecule has 0 radical (unpaired) electrons. The Morgan fingerprint density at radius 2 is 1.93 bits per heavy atom. The monoisotopic (exact) mass is 404 g/mol. The van der Waals surface area contributed by atoms with Gasteiger partial charge in [-0.1, -0.05) is 42.5 Å². The van der Waals surface area contributed by atoms with Crippen LogP contribution in [0, 0.1) is 0 Å². The predicted molar refractivity (Wildman–Crippen MR) is 98.5 cm³/mol. The second-order valence-corrected chi connectivity index (χ2v) is 6.28. The first-order valence-electron chi connectivity index (χ1n) is 8.87. The molecule has 0 saturated heterocycles. The molecule has 3 rings (SSSR count). The summed E-state index contributed by atoms with van der Waals surface area (Å²) in [6.07, 6.45) is -3.21. The fraction of sp³-hybridized carbons (Fsp3) is 0.250. The largest absolute Gasteiger partial charge is 0.416 e. The van der Waals surface area contributed by atoms with E-state index in [0.29, 0.717) is 6.61 Å². The van der Waals surface area contributed by atoms with Gasteiger partial charge in [0.05, 0.1) is 25.2 Å². The van der Waals surface area contributed by atoms with Crippen molar-refractivity contribution in [3.63, 3.8) is 0 Å². The van der Waals surface area contributed by atoms with Crippen molar-refractivity contribution >= 4 is 5.91 Å². The smallest absolute Gasteiger partial charge is 0.376 e. The highest BCUT2D eigenvalue weighted by Crippen LogP contribution is 2.31. The summed E-state index contributed by atoms with van der Waals surface area (Å²) in [5, 5.41) is 9.01. The molecule has 2 N–H and O–H groups in total. The number of carbonyl (C=O) groups excluding carboxylic acids is 1. The summed E-state index contributed by atoms with van der Waals surface area (Å²) in [6, 6.07) is 13.4. The molecule has 3 aromatic rings. The molecule has 0 aliphatic carbocycles. The van der Waals surface area contributed by atoms with Gasteiger partial charge in [-0.2, -0.15) is 18.3 Å². The number of hydrogen-bond acceptors (Lipinski definition) is 4. The van der Waals surface area contributed by atoms with E-state index in [1.165, 1.54) is 18.5 Å². The highest BCUT2D eigenvalue weighted by molar-refractivity contribution is 5.76. The van der Waals surface area contributed by atoms with Gasteiger partial charge in [-0.3, -0.25) is 9.89 Å². The van der Waals surface area contributed by atoms with E-state index in [-0.39, 0.29) is 30.3 Å². The molecule has 0 spiro atoms. The van der Waals surface area contributed by atoms with Gasteiger partial charge in [-0.25, -0.2) is 4.98 Å². The van der Waals surface area contributed by atoms with E-state index in [4.69, 9.17) is 4.74 Å². The Hall–Kier alpha value is -3.20. The van der Waals surface area contributed by atoms with Crippen LogP contribution < -0.4 is 5.32 Å². The van der Waals surface area contributed by atoms with Crippen LogP contribution in [0.4, 0.5) is 13.2 Å². The van der Waals surface area contributed by atoms with Crippen LogP contribution in [0.1, 0.15) is 35.0 Å². The van der Waals surface area contributed by atoms with E-state index < -0.39 is 17.8 Å². The third kappa shape index (κ3) is 5.89. The maximum atomic E-state index is 13.0. The third-order valence-electron chi connectivity index (χ3n) is 4.14. The van der Waals surface area contributed by atoms with Crippen LogP contribution in [0.3, 0.4) is 0 Å². The van der Waals surface area contributed by atoms with Gasteiger partial charge in [0.2, 0.25) is 5.91 Å². The van der Waals surface area contributed by atoms with Crippen LogP contribution >= 0.6 is 0 Å². The number of carbonyl (C=O) groups is 1. The summed E-state index contributed by atoms with van der Waals surface area (Å²) in [7, 11) is 0. The standard InChI is InChI=1S/C20H19F3N4O2/c21-20(22,23)16-8-4-7-15(11-16)18(19-24-13-25-27-19)26-17(28)9-10-29-12-14-5-2-1-3-6-14/h1-8,11,13,18H,9-10,12H2,(H,26,28)(H,24,25,27). The normalized spacial score (nSPS) is 12.5. The lowest BCUT2D eigenvalue weighted by Gasteiger charge is -2.18. The summed E-state index contributed by atoms with van der Waals surface area (Å²) in [4.78, 5) is 16.3. The molecular weight excluding hydrogens is 385 g/mol. The van der Waals surface area contributed by atoms with Crippen LogP contribution in [-0.4, -0.2) is 27.7 Å². The topological polar surface area (TPSA) is 79.9 Å². The molecule has 1 heterocycles. The van der Waals surface area contributed by atoms with Gasteiger partial charge in [-0.15, -0.1) is 0 Å². The lowest BCUT2D eigenvalue weighted by atomic mass is 10.0. The summed E-state index contributed by atoms with van der Waals surface area (Å²) in [5.74, 6) is -0.139. The Kier molecular flexibility index (Phi) is 6.61. The van der Waals surface area contributed by atoms with Crippen molar-refractivity contribution in [2.45, 2.75) is 25.2 Å². The van der Waals surface area contributed by atoms with Gasteiger partial charge in [0.25, 0.3) is 0 Å². The van der Waals surface area contributed by atoms with Crippen molar-refractivity contribution in [1.29, 1.82) is 0 Å². The molecule has 29 heavy (non-hydrogen) atoms. The quantitative estimate of drug-likeness (QED) is 0.562. The fourth-order valence-corrected chi connectivity index (χ4v) is 2.72. The Labute approximate surface area is 165 Å². The number of nitrogens with zero attached hydrogens (tertiary/aromatic N) is 2. The van der Waals surface area contributed by atoms with Gasteiger partial charge in [0, 0.05) is 0 Å². The maximum absolute atomic E-state index is 13.0. The van der Waals surface area contributed by atoms with Gasteiger partial charge in [0.1, 0.15) is 12.4 Å². The first-order chi connectivity index (χ1) is 13.9. The average molecular weight is 404 g/mol. The first-order valence-corrected chi connectivity index (χ1v) is 8.87. The lowest BCUT2D eigenvalue weighted by molar-refractivity contribution is -0.137. The van der Waals surface area contributed by atoms with E-state index >= 15 is 0 Å². The Bertz CT molecular complexity index is 915. The van der Waals surface area contributed by atoms with Gasteiger partial charge < -0.3 is 10.1 Å². The van der Waals surface area contributed by atoms with Gasteiger partial charge in [0.15, 0.2) is 5.82 Å². The zero-order valence-electron chi connectivity index (χ0n) is 15.3. The second-order valence-electron chi connectivity index (χ2n) is 6.28. The number of aromatic nitrogens is 3. The first kappa shape index (κ1) is 20.5. The predicted octanol–water partition coefficient (Wildman–Crippen LogP) is 3.64. The number of ether oxygens (including phenoxy) is 1. The van der Waals surface area contributed by atoms with E-state index in [1.807, 2.05) is 30.3 Å². The number of amides is 1. The maximum Gasteiger partial charge on any atom is 0.416 e.